The molecule has 0 unspecified atom stereocenters. The van der Waals surface area contributed by atoms with E-state index in [4.69, 9.17) is 40.1 Å². The van der Waals surface area contributed by atoms with Crippen LogP contribution >= 0.6 is 0 Å². The fourth-order valence-corrected chi connectivity index (χ4v) is 8.62. The molecule has 534 valence electrons. The minimum Gasteiger partial charge on any atom is -0.394 e. The van der Waals surface area contributed by atoms with Gasteiger partial charge < -0.3 is 119 Å². The minimum atomic E-state index is -1.72. The molecule has 1 aromatic carbocycles. The van der Waals surface area contributed by atoms with Crippen LogP contribution in [0.3, 0.4) is 0 Å². The maximum Gasteiger partial charge on any atom is 0.245 e. The number of nitrogens with two attached hydrogens (primary N) is 7. The Morgan fingerprint density at radius 2 is 0.842 bits per heavy atom. The number of guanidine groups is 2. The van der Waals surface area contributed by atoms with Crippen molar-refractivity contribution >= 4 is 88.7 Å². The average molecular weight is 1350 g/mol. The van der Waals surface area contributed by atoms with Crippen LogP contribution in [-0.4, -0.2) is 225 Å². The molecular formula is C58H102N22O15. The van der Waals surface area contributed by atoms with E-state index in [9.17, 15) is 72.5 Å². The maximum atomic E-state index is 14.1. The lowest BCUT2D eigenvalue weighted by Crippen LogP contribution is -2.60. The highest BCUT2D eigenvalue weighted by Gasteiger charge is 2.34. The van der Waals surface area contributed by atoms with E-state index in [2.05, 4.69) is 79.1 Å². The summed E-state index contributed by atoms with van der Waals surface area (Å²) in [5.74, 6) is -11.5. The Kier molecular flexibility index (Phi) is 41.1. The molecule has 37 heteroatoms. The summed E-state index contributed by atoms with van der Waals surface area (Å²) in [4.78, 5) is 180. The van der Waals surface area contributed by atoms with Crippen LogP contribution in [0.4, 0.5) is 0 Å². The first-order valence-corrected chi connectivity index (χ1v) is 31.3. The van der Waals surface area contributed by atoms with Crippen LogP contribution in [0.2, 0.25) is 0 Å². The molecule has 95 heavy (non-hydrogen) atoms. The Hall–Kier alpha value is -9.33. The highest BCUT2D eigenvalue weighted by Crippen LogP contribution is 2.09. The third-order valence-electron chi connectivity index (χ3n) is 13.8. The second-order valence-corrected chi connectivity index (χ2v) is 22.7. The van der Waals surface area contributed by atoms with Crippen LogP contribution in [0.1, 0.15) is 104 Å². The predicted octanol–water partition coefficient (Wildman–Crippen LogP) is -9.55. The molecule has 0 aliphatic carbocycles. The molecule has 0 spiro atoms. The Morgan fingerprint density at radius 1 is 0.432 bits per heavy atom. The lowest BCUT2D eigenvalue weighted by Gasteiger charge is -2.26. The standard InChI is InChI=1S/C58H102N22O15/c1-32(2)26-66-27-43(83)69-28-44(84)70-29-46(86)74-41(25-36-15-7-6-8-16-36)54(93)80-47(35(5)82)56(95)71-30-45(85)72-33(3)49(88)76-40(20-14-24-68-58(64)65)52(91)78-38(18-10-12-22-60)53(92)79-42(31-81)55(94)73-34(4)50(89)77-39(19-13-23-67-57(62)63)51(90)75-37(48(61)87)17-9-11-21-59/h6-8,15-16,32-35,37-42,47,66,81-82H,9-14,17-31,59-60H2,1-5H3,(H2,61,87)(H,69,83)(H,70,84)(H,71,95)(H,72,85)(H,73,94)(H,74,86)(H,75,90)(H,76,88)(H,77,89)(H,78,91)(H,79,92)(H,80,93)(H4,62,63,67)(H4,64,65,68)/t33-,34-,35+,37-,38-,39-,40-,41-,42-,47-/m0/s1. The SMILES string of the molecule is CC(C)CNCC(=O)NCC(=O)NCC(=O)N[C@@H](Cc1ccccc1)C(=O)N[C@H](C(=O)NCC(=O)N[C@@H](C)C(=O)N[C@@H](CCCN=C(N)N)C(=O)N[C@@H](CCCCN)C(=O)N[C@@H](CO)C(=O)N[C@@H](C)C(=O)N[C@@H](CCCN=C(N)N)C(=O)N[C@@H](CCCCN)C(N)=O)[C@@H](C)O. The van der Waals surface area contributed by atoms with Crippen molar-refractivity contribution in [2.45, 2.75) is 166 Å². The van der Waals surface area contributed by atoms with Gasteiger partial charge in [0.05, 0.1) is 38.9 Å². The molecule has 0 saturated heterocycles. The van der Waals surface area contributed by atoms with E-state index < -0.39 is 164 Å². The Bertz CT molecular complexity index is 2720. The zero-order valence-corrected chi connectivity index (χ0v) is 54.7. The molecule has 0 radical (unpaired) electrons. The molecule has 0 saturated carbocycles. The average Bonchev–Trinajstić information content (AvgIpc) is 0.974. The number of rotatable bonds is 48. The number of carbonyl (C=O) groups is 13. The van der Waals surface area contributed by atoms with E-state index in [1.54, 1.807) is 30.3 Å². The number of aliphatic hydroxyl groups excluding tert-OH is 2. The first kappa shape index (κ1) is 83.7. The second kappa shape index (κ2) is 46.7. The topological polar surface area (TPSA) is 626 Å². The second-order valence-electron chi connectivity index (χ2n) is 22.7. The van der Waals surface area contributed by atoms with Crippen LogP contribution in [-0.2, 0) is 68.7 Å². The number of nitrogens with one attached hydrogen (secondary N) is 13. The van der Waals surface area contributed by atoms with Gasteiger partial charge in [0.25, 0.3) is 0 Å². The summed E-state index contributed by atoms with van der Waals surface area (Å²) in [6.45, 7) is 5.85. The molecule has 13 amide bonds. The Labute approximate surface area is 551 Å². The number of nitrogens with zero attached hydrogens (tertiary/aromatic N) is 2. The molecule has 0 heterocycles. The number of hydrogen-bond donors (Lipinski definition) is 22. The Balaban J connectivity index is 3.20. The number of aliphatic imine (C=N–C) groups is 2. The molecule has 10 atom stereocenters. The van der Waals surface area contributed by atoms with Crippen molar-refractivity contribution in [2.75, 3.05) is 65.5 Å². The van der Waals surface area contributed by atoms with Gasteiger partial charge in [-0.3, -0.25) is 72.3 Å². The summed E-state index contributed by atoms with van der Waals surface area (Å²) in [6, 6.07) is -4.47. The number of primary amides is 1. The van der Waals surface area contributed by atoms with E-state index >= 15 is 0 Å². The molecule has 29 N–H and O–H groups in total. The van der Waals surface area contributed by atoms with Gasteiger partial charge in [-0.15, -0.1) is 0 Å². The highest BCUT2D eigenvalue weighted by atomic mass is 16.3. The normalized spacial score (nSPS) is 14.0. The summed E-state index contributed by atoms with van der Waals surface area (Å²) >= 11 is 0. The number of aliphatic hydroxyl groups is 2. The van der Waals surface area contributed by atoms with E-state index in [0.29, 0.717) is 43.8 Å². The van der Waals surface area contributed by atoms with Gasteiger partial charge >= 0.3 is 0 Å². The minimum absolute atomic E-state index is 0.0207. The first-order chi connectivity index (χ1) is 44.9. The van der Waals surface area contributed by atoms with Gasteiger partial charge in [-0.05, 0) is 116 Å². The highest BCUT2D eigenvalue weighted by molar-refractivity contribution is 5.99. The maximum absolute atomic E-state index is 14.1. The quantitative estimate of drug-likeness (QED) is 0.0164. The molecule has 0 aromatic heterocycles. The zero-order chi connectivity index (χ0) is 71.6. The lowest BCUT2D eigenvalue weighted by atomic mass is 10.0. The molecule has 37 nitrogen and oxygen atoms in total. The van der Waals surface area contributed by atoms with Crippen molar-refractivity contribution < 1.29 is 72.5 Å². The van der Waals surface area contributed by atoms with E-state index in [1.165, 1.54) is 20.8 Å². The first-order valence-electron chi connectivity index (χ1n) is 31.3. The Morgan fingerprint density at radius 3 is 1.32 bits per heavy atom. The van der Waals surface area contributed by atoms with Crippen molar-refractivity contribution in [2.24, 2.45) is 56.0 Å². The van der Waals surface area contributed by atoms with Crippen LogP contribution in [0.25, 0.3) is 0 Å². The third-order valence-corrected chi connectivity index (χ3v) is 13.8. The zero-order valence-electron chi connectivity index (χ0n) is 54.7. The van der Waals surface area contributed by atoms with Crippen LogP contribution in [0, 0.1) is 5.92 Å². The van der Waals surface area contributed by atoms with Crippen LogP contribution in [0.5, 0.6) is 0 Å². The summed E-state index contributed by atoms with van der Waals surface area (Å²) in [7, 11) is 0. The number of unbranched alkanes of at least 4 members (excludes halogenated alkanes) is 2. The molecule has 1 rings (SSSR count). The lowest BCUT2D eigenvalue weighted by molar-refractivity contribution is -0.136. The summed E-state index contributed by atoms with van der Waals surface area (Å²) < 4.78 is 0. The smallest absolute Gasteiger partial charge is 0.245 e. The largest absolute Gasteiger partial charge is 0.394 e. The van der Waals surface area contributed by atoms with Gasteiger partial charge in [-0.1, -0.05) is 44.2 Å². The monoisotopic (exact) mass is 1350 g/mol. The summed E-state index contributed by atoms with van der Waals surface area (Å²) in [5, 5.41) is 53.0. The fourth-order valence-electron chi connectivity index (χ4n) is 8.62. The molecule has 0 bridgehead atoms. The summed E-state index contributed by atoms with van der Waals surface area (Å²) in [5.41, 5.74) is 39.2. The van der Waals surface area contributed by atoms with E-state index in [0.717, 1.165) is 0 Å². The molecule has 0 aliphatic rings. The van der Waals surface area contributed by atoms with Gasteiger partial charge in [0.1, 0.15) is 54.4 Å². The molecule has 0 fully saturated rings. The van der Waals surface area contributed by atoms with Crippen molar-refractivity contribution in [3.63, 3.8) is 0 Å². The molecule has 1 aromatic rings. The van der Waals surface area contributed by atoms with Crippen molar-refractivity contribution in [3.8, 4) is 0 Å². The van der Waals surface area contributed by atoms with E-state index in [1.807, 2.05) is 13.8 Å². The van der Waals surface area contributed by atoms with Gasteiger partial charge in [0.2, 0.25) is 76.8 Å². The van der Waals surface area contributed by atoms with Crippen molar-refractivity contribution in [1.29, 1.82) is 0 Å². The van der Waals surface area contributed by atoms with Gasteiger partial charge in [-0.2, -0.15) is 0 Å². The molecular weight excluding hydrogens is 1240 g/mol. The van der Waals surface area contributed by atoms with Crippen molar-refractivity contribution in [1.82, 2.24) is 69.1 Å². The predicted molar refractivity (Wildman–Crippen MR) is 349 cm³/mol. The van der Waals surface area contributed by atoms with E-state index in [-0.39, 0.29) is 89.5 Å². The van der Waals surface area contributed by atoms with Gasteiger partial charge in [0, 0.05) is 19.5 Å². The fraction of sp³-hybridized carbons (Fsp3) is 0.638. The number of amides is 13. The summed E-state index contributed by atoms with van der Waals surface area (Å²) in [6.07, 6.45) is 0.0939. The number of benzene rings is 1. The van der Waals surface area contributed by atoms with Crippen LogP contribution < -0.4 is 109 Å². The molecule has 0 aliphatic heterocycles. The van der Waals surface area contributed by atoms with Gasteiger partial charge in [-0.25, -0.2) is 0 Å². The number of carbonyl (C=O) groups excluding carboxylic acids is 13. The van der Waals surface area contributed by atoms with Crippen LogP contribution in [0.15, 0.2) is 40.3 Å². The third kappa shape index (κ3) is 36.6. The van der Waals surface area contributed by atoms with Crippen molar-refractivity contribution in [3.05, 3.63) is 35.9 Å². The van der Waals surface area contributed by atoms with Gasteiger partial charge in [0.15, 0.2) is 11.9 Å². The number of hydrogen-bond acceptors (Lipinski definition) is 20.